The molecule has 1 aliphatic rings. The first-order valence-corrected chi connectivity index (χ1v) is 7.14. The molecule has 1 aliphatic heterocycles. The highest BCUT2D eigenvalue weighted by Crippen LogP contribution is 2.36. The number of alkyl halides is 3. The number of carbonyl (C=O) groups is 2. The predicted octanol–water partition coefficient (Wildman–Crippen LogP) is 3.27. The lowest BCUT2D eigenvalue weighted by molar-refractivity contribution is -0.274. The van der Waals surface area contributed by atoms with Crippen LogP contribution in [0.25, 0.3) is 6.08 Å². The van der Waals surface area contributed by atoms with Crippen molar-refractivity contribution in [1.82, 2.24) is 0 Å². The minimum absolute atomic E-state index is 0.131. The van der Waals surface area contributed by atoms with Gasteiger partial charge in [-0.15, -0.1) is 13.2 Å². The van der Waals surface area contributed by atoms with Crippen molar-refractivity contribution in [3.05, 3.63) is 27.7 Å². The van der Waals surface area contributed by atoms with Gasteiger partial charge in [0.2, 0.25) is 0 Å². The average molecular weight is 411 g/mol. The zero-order chi connectivity index (χ0) is 18.3. The number of ether oxygens (including phenoxy) is 3. The highest BCUT2D eigenvalue weighted by atomic mass is 79.9. The Morgan fingerprint density at radius 1 is 1.21 bits per heavy atom. The van der Waals surface area contributed by atoms with Gasteiger partial charge in [-0.2, -0.15) is 0 Å². The molecule has 1 heterocycles. The van der Waals surface area contributed by atoms with Crippen LogP contribution in [-0.4, -0.2) is 29.2 Å². The number of cyclic esters (lactones) is 2. The van der Waals surface area contributed by atoms with Gasteiger partial charge in [-0.1, -0.05) is 0 Å². The van der Waals surface area contributed by atoms with Crippen molar-refractivity contribution in [2.24, 2.45) is 0 Å². The summed E-state index contributed by atoms with van der Waals surface area (Å²) in [5.74, 6) is -4.68. The van der Waals surface area contributed by atoms with E-state index in [1.54, 1.807) is 0 Å². The largest absolute Gasteiger partial charge is 0.573 e. The number of carbonyl (C=O) groups excluding carboxylic acids is 2. The number of hydrogen-bond donors (Lipinski definition) is 1. The Kier molecular flexibility index (Phi) is 4.53. The predicted molar refractivity (Wildman–Crippen MR) is 76.7 cm³/mol. The van der Waals surface area contributed by atoms with Crippen LogP contribution in [0.4, 0.5) is 13.2 Å². The summed E-state index contributed by atoms with van der Waals surface area (Å²) < 4.78 is 50.3. The Morgan fingerprint density at radius 3 is 2.25 bits per heavy atom. The first kappa shape index (κ1) is 18.1. The lowest BCUT2D eigenvalue weighted by Gasteiger charge is -2.29. The van der Waals surface area contributed by atoms with Gasteiger partial charge in [0.1, 0.15) is 17.1 Å². The molecule has 0 saturated carbocycles. The normalized spacial score (nSPS) is 17.2. The van der Waals surface area contributed by atoms with E-state index in [2.05, 4.69) is 20.7 Å². The number of halogens is 4. The van der Waals surface area contributed by atoms with E-state index in [1.165, 1.54) is 13.8 Å². The number of hydrogen-bond acceptors (Lipinski definition) is 6. The van der Waals surface area contributed by atoms with Crippen LogP contribution in [0.1, 0.15) is 19.4 Å². The SMILES string of the molecule is CC1(C)OC(=O)C(=Cc2cc(OC(F)(F)F)cc(Br)c2O)C(=O)O1. The van der Waals surface area contributed by atoms with E-state index < -0.39 is 41.2 Å². The Bertz CT molecular complexity index is 717. The molecule has 1 aromatic rings. The number of rotatable bonds is 2. The summed E-state index contributed by atoms with van der Waals surface area (Å²) >= 11 is 2.86. The van der Waals surface area contributed by atoms with Crippen molar-refractivity contribution < 1.29 is 42.1 Å². The molecule has 0 aliphatic carbocycles. The first-order chi connectivity index (χ1) is 10.9. The van der Waals surface area contributed by atoms with E-state index in [0.29, 0.717) is 0 Å². The molecule has 0 unspecified atom stereocenters. The molecule has 0 spiro atoms. The van der Waals surface area contributed by atoms with Crippen LogP contribution in [0.15, 0.2) is 22.2 Å². The summed E-state index contributed by atoms with van der Waals surface area (Å²) in [7, 11) is 0. The third-order valence-corrected chi connectivity index (χ3v) is 3.32. The third kappa shape index (κ3) is 4.19. The second kappa shape index (κ2) is 6.00. The van der Waals surface area contributed by atoms with Crippen molar-refractivity contribution in [3.63, 3.8) is 0 Å². The van der Waals surface area contributed by atoms with E-state index >= 15 is 0 Å². The maximum Gasteiger partial charge on any atom is 0.573 e. The number of phenols is 1. The molecule has 24 heavy (non-hydrogen) atoms. The van der Waals surface area contributed by atoms with Crippen LogP contribution in [0.5, 0.6) is 11.5 Å². The van der Waals surface area contributed by atoms with E-state index in [0.717, 1.165) is 18.2 Å². The lowest BCUT2D eigenvalue weighted by atomic mass is 10.1. The van der Waals surface area contributed by atoms with Crippen molar-refractivity contribution in [1.29, 1.82) is 0 Å². The minimum atomic E-state index is -4.95. The molecule has 10 heteroatoms. The molecular formula is C14H10BrF3O6. The van der Waals surface area contributed by atoms with Crippen molar-refractivity contribution in [3.8, 4) is 11.5 Å². The highest BCUT2D eigenvalue weighted by Gasteiger charge is 2.39. The van der Waals surface area contributed by atoms with Crippen molar-refractivity contribution in [2.45, 2.75) is 26.0 Å². The summed E-state index contributed by atoms with van der Waals surface area (Å²) in [6, 6.07) is 1.69. The van der Waals surface area contributed by atoms with Gasteiger partial charge in [-0.05, 0) is 34.1 Å². The van der Waals surface area contributed by atoms with Crippen LogP contribution >= 0.6 is 15.9 Å². The van der Waals surface area contributed by atoms with Gasteiger partial charge >= 0.3 is 18.3 Å². The monoisotopic (exact) mass is 410 g/mol. The molecule has 2 rings (SSSR count). The molecule has 0 bridgehead atoms. The molecule has 0 radical (unpaired) electrons. The quantitative estimate of drug-likeness (QED) is 0.457. The molecular weight excluding hydrogens is 401 g/mol. The zero-order valence-corrected chi connectivity index (χ0v) is 13.8. The summed E-state index contributed by atoms with van der Waals surface area (Å²) in [6.07, 6.45) is -4.10. The molecule has 1 fully saturated rings. The van der Waals surface area contributed by atoms with E-state index in [4.69, 9.17) is 9.47 Å². The molecule has 0 atom stereocenters. The second-order valence-electron chi connectivity index (χ2n) is 5.13. The first-order valence-electron chi connectivity index (χ1n) is 6.34. The third-order valence-electron chi connectivity index (χ3n) is 2.72. The highest BCUT2D eigenvalue weighted by molar-refractivity contribution is 9.10. The molecule has 1 N–H and O–H groups in total. The molecule has 6 nitrogen and oxygen atoms in total. The van der Waals surface area contributed by atoms with Crippen molar-refractivity contribution in [2.75, 3.05) is 0 Å². The van der Waals surface area contributed by atoms with Gasteiger partial charge in [0, 0.05) is 19.4 Å². The van der Waals surface area contributed by atoms with Crippen LogP contribution in [0.2, 0.25) is 0 Å². The summed E-state index contributed by atoms with van der Waals surface area (Å²) in [5.41, 5.74) is -0.854. The minimum Gasteiger partial charge on any atom is -0.506 e. The van der Waals surface area contributed by atoms with Crippen molar-refractivity contribution >= 4 is 33.9 Å². The fourth-order valence-corrected chi connectivity index (χ4v) is 2.29. The van der Waals surface area contributed by atoms with Crippen LogP contribution < -0.4 is 4.74 Å². The smallest absolute Gasteiger partial charge is 0.506 e. The topological polar surface area (TPSA) is 82.1 Å². The second-order valence-corrected chi connectivity index (χ2v) is 5.98. The van der Waals surface area contributed by atoms with Gasteiger partial charge in [0.05, 0.1) is 4.47 Å². The lowest BCUT2D eigenvalue weighted by Crippen LogP contribution is -2.41. The maximum atomic E-state index is 12.3. The Hall–Kier alpha value is -2.23. The molecule has 130 valence electrons. The zero-order valence-electron chi connectivity index (χ0n) is 12.2. The fourth-order valence-electron chi connectivity index (χ4n) is 1.83. The maximum absolute atomic E-state index is 12.3. The summed E-state index contributed by atoms with van der Waals surface area (Å²) in [6.45, 7) is 2.68. The Morgan fingerprint density at radius 2 is 1.75 bits per heavy atom. The van der Waals surface area contributed by atoms with Gasteiger partial charge in [0.25, 0.3) is 5.79 Å². The van der Waals surface area contributed by atoms with E-state index in [-0.39, 0.29) is 10.0 Å². The van der Waals surface area contributed by atoms with Crippen LogP contribution in [0, 0.1) is 0 Å². The van der Waals surface area contributed by atoms with Crippen LogP contribution in [-0.2, 0) is 19.1 Å². The van der Waals surface area contributed by atoms with E-state index in [9.17, 15) is 27.9 Å². The fraction of sp³-hybridized carbons (Fsp3) is 0.286. The van der Waals surface area contributed by atoms with Gasteiger partial charge < -0.3 is 19.3 Å². The standard InChI is InChI=1S/C14H10BrF3O6/c1-13(2)23-11(20)8(12(21)24-13)4-6-3-7(22-14(16,17)18)5-9(15)10(6)19/h3-5,19H,1-2H3. The molecule has 1 aromatic carbocycles. The Labute approximate surface area is 141 Å². The van der Waals surface area contributed by atoms with Crippen LogP contribution in [0.3, 0.4) is 0 Å². The molecule has 1 saturated heterocycles. The van der Waals surface area contributed by atoms with Gasteiger partial charge in [0.15, 0.2) is 0 Å². The van der Waals surface area contributed by atoms with Gasteiger partial charge in [-0.25, -0.2) is 9.59 Å². The summed E-state index contributed by atoms with van der Waals surface area (Å²) in [4.78, 5) is 23.7. The number of phenolic OH excluding ortho intramolecular Hbond substituents is 1. The molecule has 0 aromatic heterocycles. The number of benzene rings is 1. The summed E-state index contributed by atoms with van der Waals surface area (Å²) in [5, 5.41) is 9.89. The average Bonchev–Trinajstić information content (AvgIpc) is 2.36. The van der Waals surface area contributed by atoms with Gasteiger partial charge in [-0.3, -0.25) is 0 Å². The Balaban J connectivity index is 2.45. The molecule has 0 amide bonds. The number of esters is 2. The van der Waals surface area contributed by atoms with E-state index in [1.807, 2.05) is 0 Å². The number of aromatic hydroxyl groups is 1.